The number of hydrogen-bond acceptors (Lipinski definition) is 4. The molecule has 2 aromatic carbocycles. The average Bonchev–Trinajstić information content (AvgIpc) is 2.69. The quantitative estimate of drug-likeness (QED) is 0.719. The molecule has 3 N–H and O–H groups in total. The van der Waals surface area contributed by atoms with Gasteiger partial charge in [0.05, 0.1) is 17.1 Å². The Hall–Kier alpha value is -2.47. The van der Waals surface area contributed by atoms with Crippen LogP contribution < -0.4 is 16.0 Å². The number of rotatable bonds is 6. The summed E-state index contributed by atoms with van der Waals surface area (Å²) in [6.07, 6.45) is 3.49. The van der Waals surface area contributed by atoms with Crippen molar-refractivity contribution in [3.63, 3.8) is 0 Å². The van der Waals surface area contributed by atoms with E-state index < -0.39 is 5.91 Å². The summed E-state index contributed by atoms with van der Waals surface area (Å²) < 4.78 is 0. The number of hydrogen-bond donors (Lipinski definition) is 2. The van der Waals surface area contributed by atoms with Gasteiger partial charge in [0.1, 0.15) is 0 Å². The predicted octanol–water partition coefficient (Wildman–Crippen LogP) is 4.12. The number of nitrogens with one attached hydrogen (secondary N) is 1. The minimum Gasteiger partial charge on any atom is -0.370 e. The first kappa shape index (κ1) is 20.3. The normalized spacial score (nSPS) is 14.0. The zero-order chi connectivity index (χ0) is 20.1. The summed E-state index contributed by atoms with van der Waals surface area (Å²) in [7, 11) is 0. The highest BCUT2D eigenvalue weighted by Crippen LogP contribution is 2.30. The van der Waals surface area contributed by atoms with Crippen LogP contribution in [0.5, 0.6) is 0 Å². The lowest BCUT2D eigenvalue weighted by atomic mass is 10.1. The van der Waals surface area contributed by atoms with Crippen molar-refractivity contribution in [1.29, 1.82) is 0 Å². The molecule has 1 aliphatic heterocycles. The van der Waals surface area contributed by atoms with E-state index >= 15 is 0 Å². The highest BCUT2D eigenvalue weighted by atomic mass is 32.2. The van der Waals surface area contributed by atoms with Gasteiger partial charge in [-0.2, -0.15) is 0 Å². The molecule has 28 heavy (non-hydrogen) atoms. The Bertz CT molecular complexity index is 876. The van der Waals surface area contributed by atoms with Crippen LogP contribution in [0.25, 0.3) is 0 Å². The van der Waals surface area contributed by atoms with Crippen LogP contribution in [-0.4, -0.2) is 30.7 Å². The second-order valence-electron chi connectivity index (χ2n) is 7.25. The van der Waals surface area contributed by atoms with Gasteiger partial charge in [0.15, 0.2) is 0 Å². The maximum atomic E-state index is 12.6. The van der Waals surface area contributed by atoms with Gasteiger partial charge in [0.2, 0.25) is 11.8 Å². The Balaban J connectivity index is 1.75. The first-order valence-corrected chi connectivity index (χ1v) is 10.6. The molecule has 6 heteroatoms. The SMILES string of the molecule is Cc1ccc(C)c(SCC(=O)Nc2cc(C(N)=O)ccc2N2CCCCC2)c1. The lowest BCUT2D eigenvalue weighted by molar-refractivity contribution is -0.113. The standard InChI is InChI=1S/C22H27N3O2S/c1-15-6-7-16(2)20(12-15)28-14-21(26)24-18-13-17(22(23)27)8-9-19(18)25-10-4-3-5-11-25/h6-9,12-13H,3-5,10-11,14H2,1-2H3,(H2,23,27)(H,24,26). The van der Waals surface area contributed by atoms with Crippen molar-refractivity contribution in [1.82, 2.24) is 0 Å². The molecule has 1 saturated heterocycles. The number of amides is 2. The number of primary amides is 1. The van der Waals surface area contributed by atoms with E-state index in [2.05, 4.69) is 28.4 Å². The van der Waals surface area contributed by atoms with Crippen molar-refractivity contribution in [2.45, 2.75) is 38.0 Å². The molecule has 0 radical (unpaired) electrons. The minimum absolute atomic E-state index is 0.0919. The van der Waals surface area contributed by atoms with Crippen molar-refractivity contribution < 1.29 is 9.59 Å². The minimum atomic E-state index is -0.495. The second kappa shape index (κ2) is 9.15. The molecule has 0 aromatic heterocycles. The largest absolute Gasteiger partial charge is 0.370 e. The molecule has 2 aromatic rings. The van der Waals surface area contributed by atoms with E-state index in [0.717, 1.165) is 42.1 Å². The van der Waals surface area contributed by atoms with Crippen LogP contribution in [0.4, 0.5) is 11.4 Å². The smallest absolute Gasteiger partial charge is 0.248 e. The van der Waals surface area contributed by atoms with Crippen LogP contribution in [-0.2, 0) is 4.79 Å². The van der Waals surface area contributed by atoms with Gasteiger partial charge in [-0.25, -0.2) is 0 Å². The summed E-state index contributed by atoms with van der Waals surface area (Å²) in [6, 6.07) is 11.5. The Kier molecular flexibility index (Phi) is 6.62. The van der Waals surface area contributed by atoms with Crippen molar-refractivity contribution in [2.75, 3.05) is 29.1 Å². The van der Waals surface area contributed by atoms with Crippen LogP contribution in [0.1, 0.15) is 40.7 Å². The van der Waals surface area contributed by atoms with Crippen LogP contribution in [0.15, 0.2) is 41.3 Å². The van der Waals surface area contributed by atoms with Crippen LogP contribution in [0, 0.1) is 13.8 Å². The third-order valence-corrected chi connectivity index (χ3v) is 6.11. The number of nitrogens with two attached hydrogens (primary N) is 1. The van der Waals surface area contributed by atoms with Gasteiger partial charge in [0.25, 0.3) is 0 Å². The number of carbonyl (C=O) groups is 2. The highest BCUT2D eigenvalue weighted by Gasteiger charge is 2.17. The zero-order valence-electron chi connectivity index (χ0n) is 16.5. The number of nitrogens with zero attached hydrogens (tertiary/aromatic N) is 1. The monoisotopic (exact) mass is 397 g/mol. The summed E-state index contributed by atoms with van der Waals surface area (Å²) in [4.78, 5) is 27.6. The van der Waals surface area contributed by atoms with Crippen LogP contribution in [0.3, 0.4) is 0 Å². The molecule has 0 aliphatic carbocycles. The molecule has 0 atom stereocenters. The topological polar surface area (TPSA) is 75.4 Å². The van der Waals surface area contributed by atoms with Crippen molar-refractivity contribution in [3.8, 4) is 0 Å². The Morgan fingerprint density at radius 3 is 2.54 bits per heavy atom. The Morgan fingerprint density at radius 2 is 1.82 bits per heavy atom. The number of anilines is 2. The van der Waals surface area contributed by atoms with Gasteiger partial charge in [-0.3, -0.25) is 9.59 Å². The molecule has 3 rings (SSSR count). The third kappa shape index (κ3) is 5.07. The molecule has 0 spiro atoms. The first-order chi connectivity index (χ1) is 13.4. The molecular weight excluding hydrogens is 370 g/mol. The van der Waals surface area contributed by atoms with Gasteiger partial charge in [0, 0.05) is 23.5 Å². The van der Waals surface area contributed by atoms with E-state index in [-0.39, 0.29) is 5.91 Å². The van der Waals surface area contributed by atoms with Crippen molar-refractivity contribution in [2.24, 2.45) is 5.73 Å². The number of piperidine rings is 1. The van der Waals surface area contributed by atoms with Gasteiger partial charge in [-0.1, -0.05) is 17.7 Å². The summed E-state index contributed by atoms with van der Waals surface area (Å²) in [5, 5.41) is 3.00. The fourth-order valence-electron chi connectivity index (χ4n) is 3.39. The van der Waals surface area contributed by atoms with E-state index in [4.69, 9.17) is 5.73 Å². The van der Waals surface area contributed by atoms with Gasteiger partial charge in [-0.05, 0) is 62.9 Å². The fourth-order valence-corrected chi connectivity index (χ4v) is 4.32. The third-order valence-electron chi connectivity index (χ3n) is 4.95. The summed E-state index contributed by atoms with van der Waals surface area (Å²) >= 11 is 1.52. The lowest BCUT2D eigenvalue weighted by Crippen LogP contribution is -2.30. The highest BCUT2D eigenvalue weighted by molar-refractivity contribution is 8.00. The molecule has 148 valence electrons. The van der Waals surface area contributed by atoms with Crippen LogP contribution in [0.2, 0.25) is 0 Å². The van der Waals surface area contributed by atoms with Gasteiger partial charge >= 0.3 is 0 Å². The van der Waals surface area contributed by atoms with E-state index in [9.17, 15) is 9.59 Å². The molecule has 0 bridgehead atoms. The Morgan fingerprint density at radius 1 is 1.07 bits per heavy atom. The molecule has 2 amide bonds. The maximum absolute atomic E-state index is 12.6. The van der Waals surface area contributed by atoms with E-state index in [1.165, 1.54) is 23.7 Å². The van der Waals surface area contributed by atoms with Gasteiger partial charge in [-0.15, -0.1) is 11.8 Å². The molecule has 1 aliphatic rings. The molecular formula is C22H27N3O2S. The molecule has 1 fully saturated rings. The van der Waals surface area contributed by atoms with Crippen LogP contribution >= 0.6 is 11.8 Å². The molecule has 0 saturated carbocycles. The average molecular weight is 398 g/mol. The fraction of sp³-hybridized carbons (Fsp3) is 0.364. The molecule has 1 heterocycles. The lowest BCUT2D eigenvalue weighted by Gasteiger charge is -2.30. The van der Waals surface area contributed by atoms with Crippen molar-refractivity contribution >= 4 is 35.0 Å². The van der Waals surface area contributed by atoms with E-state index in [1.54, 1.807) is 12.1 Å². The number of carbonyl (C=O) groups excluding carboxylic acids is 2. The summed E-state index contributed by atoms with van der Waals surface area (Å²) in [5.41, 5.74) is 9.79. The molecule has 5 nitrogen and oxygen atoms in total. The summed E-state index contributed by atoms with van der Waals surface area (Å²) in [5.74, 6) is -0.277. The number of thioether (sulfide) groups is 1. The summed E-state index contributed by atoms with van der Waals surface area (Å²) in [6.45, 7) is 6.00. The number of benzene rings is 2. The van der Waals surface area contributed by atoms with E-state index in [1.807, 2.05) is 19.9 Å². The maximum Gasteiger partial charge on any atom is 0.248 e. The van der Waals surface area contributed by atoms with E-state index in [0.29, 0.717) is 17.0 Å². The van der Waals surface area contributed by atoms with Crippen molar-refractivity contribution in [3.05, 3.63) is 53.1 Å². The first-order valence-electron chi connectivity index (χ1n) is 9.63. The Labute approximate surface area is 170 Å². The predicted molar refractivity (Wildman–Crippen MR) is 116 cm³/mol. The molecule has 0 unspecified atom stereocenters. The second-order valence-corrected chi connectivity index (χ2v) is 8.27. The van der Waals surface area contributed by atoms with Gasteiger partial charge < -0.3 is 16.0 Å². The number of aryl methyl sites for hydroxylation is 2. The zero-order valence-corrected chi connectivity index (χ0v) is 17.3.